The molecule has 0 amide bonds. The van der Waals surface area contributed by atoms with Crippen molar-refractivity contribution in [2.24, 2.45) is 5.41 Å². The molecule has 0 fully saturated rings. The molecule has 4 nitrogen and oxygen atoms in total. The average Bonchev–Trinajstić information content (AvgIpc) is 2.49. The Hall–Kier alpha value is -1.65. The monoisotopic (exact) mass is 264 g/mol. The van der Waals surface area contributed by atoms with Crippen molar-refractivity contribution in [3.63, 3.8) is 0 Å². The molecule has 0 saturated carbocycles. The van der Waals surface area contributed by atoms with Gasteiger partial charge in [0.25, 0.3) is 0 Å². The lowest BCUT2D eigenvalue weighted by molar-refractivity contribution is -0.142. The lowest BCUT2D eigenvalue weighted by atomic mass is 9.88. The van der Waals surface area contributed by atoms with E-state index in [0.29, 0.717) is 12.0 Å². The Morgan fingerprint density at radius 3 is 2.32 bits per heavy atom. The third-order valence-corrected chi connectivity index (χ3v) is 3.30. The van der Waals surface area contributed by atoms with Crippen LogP contribution < -0.4 is 0 Å². The highest BCUT2D eigenvalue weighted by Gasteiger charge is 2.29. The second kappa shape index (κ2) is 7.07. The van der Waals surface area contributed by atoms with Crippen molar-refractivity contribution in [2.45, 2.75) is 13.3 Å². The van der Waals surface area contributed by atoms with Crippen LogP contribution in [0.3, 0.4) is 0 Å². The molecule has 0 aliphatic carbocycles. The molecule has 0 aromatic heterocycles. The zero-order valence-corrected chi connectivity index (χ0v) is 11.1. The summed E-state index contributed by atoms with van der Waals surface area (Å²) in [5.41, 5.74) is 0.177. The predicted octanol–water partition coefficient (Wildman–Crippen LogP) is 1.62. The number of hydrogen-bond donors (Lipinski definition) is 2. The summed E-state index contributed by atoms with van der Waals surface area (Å²) in [6, 6.07) is 9.02. The van der Waals surface area contributed by atoms with Crippen LogP contribution in [0.4, 0.5) is 0 Å². The number of carbonyl (C=O) groups excluding carboxylic acids is 1. The molecule has 0 saturated heterocycles. The summed E-state index contributed by atoms with van der Waals surface area (Å²) in [6.45, 7) is 5.04. The molecule has 0 atom stereocenters. The topological polar surface area (TPSA) is 66.8 Å². The number of ether oxygens (including phenoxy) is 1. The number of aliphatic hydroxyl groups is 2. The molecule has 104 valence electrons. The van der Waals surface area contributed by atoms with E-state index in [1.165, 1.54) is 0 Å². The van der Waals surface area contributed by atoms with E-state index in [4.69, 9.17) is 4.74 Å². The summed E-state index contributed by atoms with van der Waals surface area (Å²) in [7, 11) is 0. The number of benzene rings is 1. The number of aliphatic hydroxyl groups excluding tert-OH is 2. The van der Waals surface area contributed by atoms with Gasteiger partial charge in [-0.05, 0) is 12.0 Å². The molecule has 0 spiro atoms. The Morgan fingerprint density at radius 2 is 1.84 bits per heavy atom. The highest BCUT2D eigenvalue weighted by Crippen LogP contribution is 2.22. The fourth-order valence-electron chi connectivity index (χ4n) is 1.53. The van der Waals surface area contributed by atoms with Crippen molar-refractivity contribution in [1.82, 2.24) is 0 Å². The van der Waals surface area contributed by atoms with Gasteiger partial charge < -0.3 is 14.9 Å². The van der Waals surface area contributed by atoms with Crippen LogP contribution in [0.5, 0.6) is 0 Å². The first-order chi connectivity index (χ1) is 9.08. The van der Waals surface area contributed by atoms with E-state index in [0.717, 1.165) is 0 Å². The number of hydrogen-bond acceptors (Lipinski definition) is 4. The first-order valence-electron chi connectivity index (χ1n) is 6.21. The molecule has 0 unspecified atom stereocenters. The molecule has 19 heavy (non-hydrogen) atoms. The SMILES string of the molecule is C=C(C(=O)OCC(CC)(CO)CO)c1ccccc1. The minimum Gasteiger partial charge on any atom is -0.461 e. The van der Waals surface area contributed by atoms with Crippen molar-refractivity contribution >= 4 is 11.5 Å². The Morgan fingerprint density at radius 1 is 1.26 bits per heavy atom. The minimum atomic E-state index is -0.785. The van der Waals surface area contributed by atoms with Gasteiger partial charge in [-0.1, -0.05) is 43.8 Å². The smallest absolute Gasteiger partial charge is 0.338 e. The van der Waals surface area contributed by atoms with E-state index in [-0.39, 0.29) is 25.4 Å². The van der Waals surface area contributed by atoms with E-state index >= 15 is 0 Å². The maximum Gasteiger partial charge on any atom is 0.338 e. The van der Waals surface area contributed by atoms with E-state index in [9.17, 15) is 15.0 Å². The first-order valence-corrected chi connectivity index (χ1v) is 6.21. The van der Waals surface area contributed by atoms with Crippen LogP contribution in [0.25, 0.3) is 5.57 Å². The minimum absolute atomic E-state index is 0.0266. The molecule has 0 aliphatic rings. The second-order valence-electron chi connectivity index (χ2n) is 4.59. The van der Waals surface area contributed by atoms with Gasteiger partial charge in [0.2, 0.25) is 0 Å². The van der Waals surface area contributed by atoms with Crippen molar-refractivity contribution < 1.29 is 19.7 Å². The van der Waals surface area contributed by atoms with Crippen LogP contribution in [0.15, 0.2) is 36.9 Å². The van der Waals surface area contributed by atoms with Crippen LogP contribution in [0, 0.1) is 5.41 Å². The summed E-state index contributed by atoms with van der Waals surface area (Å²) in [5.74, 6) is -0.536. The standard InChI is InChI=1S/C15H20O4/c1-3-15(9-16,10-17)11-19-14(18)12(2)13-7-5-4-6-8-13/h4-8,16-17H,2-3,9-11H2,1H3. The van der Waals surface area contributed by atoms with Gasteiger partial charge >= 0.3 is 5.97 Å². The highest BCUT2D eigenvalue weighted by atomic mass is 16.5. The maximum atomic E-state index is 11.9. The molecule has 1 rings (SSSR count). The van der Waals surface area contributed by atoms with Crippen LogP contribution in [0.1, 0.15) is 18.9 Å². The van der Waals surface area contributed by atoms with E-state index in [1.54, 1.807) is 12.1 Å². The quantitative estimate of drug-likeness (QED) is 0.580. The third kappa shape index (κ3) is 3.91. The molecular weight excluding hydrogens is 244 g/mol. The number of esters is 1. The van der Waals surface area contributed by atoms with Crippen molar-refractivity contribution in [1.29, 1.82) is 0 Å². The van der Waals surface area contributed by atoms with Crippen LogP contribution in [-0.2, 0) is 9.53 Å². The van der Waals surface area contributed by atoms with Crippen LogP contribution >= 0.6 is 0 Å². The molecule has 0 bridgehead atoms. The summed E-state index contributed by atoms with van der Waals surface area (Å²) >= 11 is 0. The molecule has 2 N–H and O–H groups in total. The fraction of sp³-hybridized carbons (Fsp3) is 0.400. The lowest BCUT2D eigenvalue weighted by Gasteiger charge is -2.27. The molecule has 0 aliphatic heterocycles. The summed E-state index contributed by atoms with van der Waals surface area (Å²) in [4.78, 5) is 11.9. The van der Waals surface area contributed by atoms with Gasteiger partial charge in [0.1, 0.15) is 6.61 Å². The van der Waals surface area contributed by atoms with Gasteiger partial charge in [-0.15, -0.1) is 0 Å². The Labute approximate surface area is 113 Å². The zero-order chi connectivity index (χ0) is 14.3. The fourth-order valence-corrected chi connectivity index (χ4v) is 1.53. The first kappa shape index (κ1) is 15.4. The van der Waals surface area contributed by atoms with E-state index in [1.807, 2.05) is 25.1 Å². The van der Waals surface area contributed by atoms with Gasteiger partial charge in [0, 0.05) is 0 Å². The number of carbonyl (C=O) groups is 1. The van der Waals surface area contributed by atoms with Gasteiger partial charge in [-0.3, -0.25) is 0 Å². The van der Waals surface area contributed by atoms with Crippen LogP contribution in [-0.4, -0.2) is 36.0 Å². The molecule has 1 aromatic rings. The summed E-state index contributed by atoms with van der Waals surface area (Å²) < 4.78 is 5.14. The van der Waals surface area contributed by atoms with Crippen molar-refractivity contribution in [3.8, 4) is 0 Å². The average molecular weight is 264 g/mol. The molecule has 0 heterocycles. The predicted molar refractivity (Wildman–Crippen MR) is 73.3 cm³/mol. The zero-order valence-electron chi connectivity index (χ0n) is 11.1. The van der Waals surface area contributed by atoms with Gasteiger partial charge in [0.15, 0.2) is 0 Å². The molecule has 0 radical (unpaired) electrons. The van der Waals surface area contributed by atoms with Crippen molar-refractivity contribution in [2.75, 3.05) is 19.8 Å². The third-order valence-electron chi connectivity index (χ3n) is 3.30. The van der Waals surface area contributed by atoms with Gasteiger partial charge in [-0.2, -0.15) is 0 Å². The molecular formula is C15H20O4. The number of rotatable bonds is 7. The Bertz CT molecular complexity index is 413. The second-order valence-corrected chi connectivity index (χ2v) is 4.59. The van der Waals surface area contributed by atoms with E-state index < -0.39 is 11.4 Å². The highest BCUT2D eigenvalue weighted by molar-refractivity contribution is 6.15. The van der Waals surface area contributed by atoms with Gasteiger partial charge in [0.05, 0.1) is 24.2 Å². The summed E-state index contributed by atoms with van der Waals surface area (Å²) in [6.07, 6.45) is 0.519. The normalized spacial score (nSPS) is 11.1. The molecule has 4 heteroatoms. The van der Waals surface area contributed by atoms with Crippen LogP contribution in [0.2, 0.25) is 0 Å². The van der Waals surface area contributed by atoms with Crippen molar-refractivity contribution in [3.05, 3.63) is 42.5 Å². The van der Waals surface area contributed by atoms with E-state index in [2.05, 4.69) is 6.58 Å². The Kier molecular flexibility index (Phi) is 5.73. The lowest BCUT2D eigenvalue weighted by Crippen LogP contribution is -2.35. The Balaban J connectivity index is 2.63. The summed E-state index contributed by atoms with van der Waals surface area (Å²) in [5, 5.41) is 18.5. The molecule has 1 aromatic carbocycles. The largest absolute Gasteiger partial charge is 0.461 e. The van der Waals surface area contributed by atoms with Gasteiger partial charge in [-0.25, -0.2) is 4.79 Å². The maximum absolute atomic E-state index is 11.9.